The number of fused-ring (bicyclic) bond motifs is 1. The van der Waals surface area contributed by atoms with Crippen LogP contribution in [0.4, 0.5) is 18.9 Å². The Morgan fingerprint density at radius 3 is 2.39 bits per heavy atom. The van der Waals surface area contributed by atoms with Crippen molar-refractivity contribution in [3.05, 3.63) is 65.9 Å². The highest BCUT2D eigenvalue weighted by Gasteiger charge is 2.43. The van der Waals surface area contributed by atoms with Crippen molar-refractivity contribution in [1.82, 2.24) is 15.2 Å². The third-order valence-electron chi connectivity index (χ3n) is 5.85. The molecule has 31 heavy (non-hydrogen) atoms. The van der Waals surface area contributed by atoms with Crippen molar-refractivity contribution in [3.8, 4) is 0 Å². The van der Waals surface area contributed by atoms with E-state index in [2.05, 4.69) is 27.0 Å². The Hall–Kier alpha value is -3.00. The molecule has 164 valence electrons. The fourth-order valence-corrected chi connectivity index (χ4v) is 4.03. The van der Waals surface area contributed by atoms with E-state index in [1.807, 2.05) is 0 Å². The normalized spacial score (nSPS) is 16.5. The summed E-state index contributed by atoms with van der Waals surface area (Å²) < 4.78 is 41.4. The molecule has 1 atom stereocenters. The maximum Gasteiger partial charge on any atom is 0.412 e. The number of nitrogens with zero attached hydrogens (tertiary/aromatic N) is 2. The summed E-state index contributed by atoms with van der Waals surface area (Å²) in [5.41, 5.74) is 1.76. The van der Waals surface area contributed by atoms with Crippen LogP contribution in [0.25, 0.3) is 10.9 Å². The highest BCUT2D eigenvalue weighted by molar-refractivity contribution is 5.95. The number of rotatable bonds is 5. The number of halogens is 3. The summed E-state index contributed by atoms with van der Waals surface area (Å²) in [6.07, 6.45) is -3.32. The molecule has 4 rings (SSSR count). The van der Waals surface area contributed by atoms with Gasteiger partial charge in [0.05, 0.1) is 0 Å². The number of para-hydroxylation sites is 1. The first-order chi connectivity index (χ1) is 14.9. The van der Waals surface area contributed by atoms with E-state index in [4.69, 9.17) is 0 Å². The molecule has 1 aromatic heterocycles. The Morgan fingerprint density at radius 1 is 1.06 bits per heavy atom. The van der Waals surface area contributed by atoms with Crippen molar-refractivity contribution in [1.29, 1.82) is 0 Å². The molecule has 1 aliphatic heterocycles. The molecular formula is C23H25F3N4O. The zero-order valence-corrected chi connectivity index (χ0v) is 17.2. The minimum atomic E-state index is -4.63. The molecule has 2 aromatic carbocycles. The van der Waals surface area contributed by atoms with E-state index in [9.17, 15) is 18.0 Å². The second-order valence-corrected chi connectivity index (χ2v) is 7.71. The fourth-order valence-electron chi connectivity index (χ4n) is 4.03. The van der Waals surface area contributed by atoms with Gasteiger partial charge in [-0.05, 0) is 36.9 Å². The number of amides is 1. The number of benzene rings is 2. The van der Waals surface area contributed by atoms with Crippen molar-refractivity contribution in [2.24, 2.45) is 0 Å². The van der Waals surface area contributed by atoms with Crippen LogP contribution in [-0.2, 0) is 0 Å². The number of piperazine rings is 1. The molecule has 2 heterocycles. The van der Waals surface area contributed by atoms with Gasteiger partial charge in [0.2, 0.25) is 0 Å². The zero-order valence-electron chi connectivity index (χ0n) is 17.2. The second-order valence-electron chi connectivity index (χ2n) is 7.71. The number of aromatic nitrogens is 1. The van der Waals surface area contributed by atoms with Gasteiger partial charge < -0.3 is 20.1 Å². The lowest BCUT2D eigenvalue weighted by molar-refractivity contribution is -0.154. The predicted molar refractivity (Wildman–Crippen MR) is 115 cm³/mol. The number of anilines is 1. The van der Waals surface area contributed by atoms with E-state index in [1.54, 1.807) is 48.5 Å². The molecule has 0 spiro atoms. The monoisotopic (exact) mass is 430 g/mol. The number of H-pyrrole nitrogens is 1. The highest BCUT2D eigenvalue weighted by atomic mass is 19.4. The summed E-state index contributed by atoms with van der Waals surface area (Å²) in [7, 11) is 0. The Kier molecular flexibility index (Phi) is 5.91. The highest BCUT2D eigenvalue weighted by Crippen LogP contribution is 2.36. The summed E-state index contributed by atoms with van der Waals surface area (Å²) in [4.78, 5) is 20.1. The average molecular weight is 430 g/mol. The van der Waals surface area contributed by atoms with Gasteiger partial charge in [-0.3, -0.25) is 4.79 Å². The first-order valence-electron chi connectivity index (χ1n) is 10.4. The topological polar surface area (TPSA) is 51.4 Å². The minimum absolute atomic E-state index is 0.00173. The molecule has 1 fully saturated rings. The number of likely N-dealkylation sites (N-methyl/N-ethyl adjacent to an activating group) is 1. The molecule has 8 heteroatoms. The van der Waals surface area contributed by atoms with Gasteiger partial charge in [-0.1, -0.05) is 25.1 Å². The van der Waals surface area contributed by atoms with Gasteiger partial charge >= 0.3 is 6.18 Å². The molecular weight excluding hydrogens is 405 g/mol. The van der Waals surface area contributed by atoms with Crippen LogP contribution >= 0.6 is 0 Å². The summed E-state index contributed by atoms with van der Waals surface area (Å²) in [6, 6.07) is 11.4. The van der Waals surface area contributed by atoms with Gasteiger partial charge in [0.25, 0.3) is 5.91 Å². The van der Waals surface area contributed by atoms with Crippen LogP contribution in [-0.4, -0.2) is 54.7 Å². The van der Waals surface area contributed by atoms with Gasteiger partial charge in [0.1, 0.15) is 0 Å². The molecule has 1 unspecified atom stereocenters. The number of aromatic amines is 1. The molecule has 1 saturated heterocycles. The number of carbonyl (C=O) groups excluding carboxylic acids is 1. The molecule has 0 bridgehead atoms. The number of carbonyl (C=O) groups is 1. The second kappa shape index (κ2) is 8.63. The van der Waals surface area contributed by atoms with Crippen LogP contribution in [0.15, 0.2) is 54.7 Å². The third kappa shape index (κ3) is 4.54. The first kappa shape index (κ1) is 21.2. The summed E-state index contributed by atoms with van der Waals surface area (Å²) in [5.74, 6) is -0.755. The molecule has 0 radical (unpaired) electrons. The SMILES string of the molecule is CCN1CCN(c2ccc(C(=O)NC(c3c[nH]c4ccccc34)C(F)(F)F)cc2)CC1. The summed E-state index contributed by atoms with van der Waals surface area (Å²) >= 11 is 0. The standard InChI is InChI=1S/C23H25F3N4O/c1-2-29-11-13-30(14-12-29)17-9-7-16(8-10-17)22(31)28-21(23(24,25)26)19-15-27-20-6-4-3-5-18(19)20/h3-10,15,21,27H,2,11-14H2,1H3,(H,28,31). The number of hydrogen-bond donors (Lipinski definition) is 2. The molecule has 3 aromatic rings. The van der Waals surface area contributed by atoms with Gasteiger partial charge in [-0.2, -0.15) is 13.2 Å². The van der Waals surface area contributed by atoms with Crippen molar-refractivity contribution in [3.63, 3.8) is 0 Å². The molecule has 2 N–H and O–H groups in total. The van der Waals surface area contributed by atoms with Gasteiger partial charge in [0.15, 0.2) is 6.04 Å². The Balaban J connectivity index is 1.50. The smallest absolute Gasteiger partial charge is 0.369 e. The maximum atomic E-state index is 13.8. The van der Waals surface area contributed by atoms with Gasteiger partial charge in [-0.25, -0.2) is 0 Å². The predicted octanol–water partition coefficient (Wildman–Crippen LogP) is 4.34. The van der Waals surface area contributed by atoms with E-state index < -0.39 is 18.1 Å². The quantitative estimate of drug-likeness (QED) is 0.633. The molecule has 0 aliphatic carbocycles. The van der Waals surface area contributed by atoms with Gasteiger partial charge in [-0.15, -0.1) is 0 Å². The van der Waals surface area contributed by atoms with Crippen LogP contribution in [0.5, 0.6) is 0 Å². The lowest BCUT2D eigenvalue weighted by Gasteiger charge is -2.35. The molecule has 1 amide bonds. The Morgan fingerprint density at radius 2 is 1.74 bits per heavy atom. The molecule has 0 saturated carbocycles. The van der Waals surface area contributed by atoms with Crippen molar-refractivity contribution >= 4 is 22.5 Å². The Bertz CT molecular complexity index is 1040. The van der Waals surface area contributed by atoms with E-state index in [-0.39, 0.29) is 11.1 Å². The first-order valence-corrected chi connectivity index (χ1v) is 10.4. The van der Waals surface area contributed by atoms with Crippen LogP contribution in [0.3, 0.4) is 0 Å². The summed E-state index contributed by atoms with van der Waals surface area (Å²) in [5, 5.41) is 2.61. The zero-order chi connectivity index (χ0) is 22.0. The van der Waals surface area contributed by atoms with Crippen LogP contribution in [0.2, 0.25) is 0 Å². The van der Waals surface area contributed by atoms with Crippen molar-refractivity contribution in [2.75, 3.05) is 37.6 Å². The Labute approximate surface area is 178 Å². The lowest BCUT2D eigenvalue weighted by atomic mass is 10.0. The number of hydrogen-bond acceptors (Lipinski definition) is 3. The van der Waals surface area contributed by atoms with Crippen molar-refractivity contribution < 1.29 is 18.0 Å². The number of alkyl halides is 3. The van der Waals surface area contributed by atoms with Crippen molar-refractivity contribution in [2.45, 2.75) is 19.1 Å². The minimum Gasteiger partial charge on any atom is -0.369 e. The molecule has 1 aliphatic rings. The van der Waals surface area contributed by atoms with E-state index in [1.165, 1.54) is 6.20 Å². The largest absolute Gasteiger partial charge is 0.412 e. The fraction of sp³-hybridized carbons (Fsp3) is 0.348. The van der Waals surface area contributed by atoms with E-state index in [0.717, 1.165) is 38.4 Å². The van der Waals surface area contributed by atoms with E-state index in [0.29, 0.717) is 10.9 Å². The van der Waals surface area contributed by atoms with Crippen LogP contribution in [0.1, 0.15) is 28.9 Å². The van der Waals surface area contributed by atoms with Crippen LogP contribution in [0, 0.1) is 0 Å². The maximum absolute atomic E-state index is 13.8. The average Bonchev–Trinajstić information content (AvgIpc) is 3.20. The summed E-state index contributed by atoms with van der Waals surface area (Å²) in [6.45, 7) is 6.86. The van der Waals surface area contributed by atoms with Crippen LogP contribution < -0.4 is 10.2 Å². The molecule has 5 nitrogen and oxygen atoms in total. The number of nitrogens with one attached hydrogen (secondary N) is 2. The third-order valence-corrected chi connectivity index (χ3v) is 5.85. The lowest BCUT2D eigenvalue weighted by Crippen LogP contribution is -2.46. The van der Waals surface area contributed by atoms with E-state index >= 15 is 0 Å². The van der Waals surface area contributed by atoms with Gasteiger partial charge in [0, 0.05) is 60.1 Å².